The number of ether oxygens (including phenoxy) is 11. The Labute approximate surface area is 629 Å². The van der Waals surface area contributed by atoms with E-state index in [1.807, 2.05) is 20.8 Å². The third-order valence-corrected chi connectivity index (χ3v) is 17.8. The zero-order valence-electron chi connectivity index (χ0n) is 63.0. The Morgan fingerprint density at radius 2 is 0.833 bits per heavy atom. The Kier molecular flexibility index (Phi) is 45.5. The van der Waals surface area contributed by atoms with E-state index in [2.05, 4.69) is 47.9 Å². The van der Waals surface area contributed by atoms with E-state index in [-0.39, 0.29) is 143 Å². The number of aliphatic hydroxyl groups is 10. The number of carbonyl (C=O) groups excluding carboxylic acids is 9. The van der Waals surface area contributed by atoms with Gasteiger partial charge in [0.15, 0.2) is 18.9 Å². The van der Waals surface area contributed by atoms with E-state index >= 15 is 0 Å². The number of aliphatic hydroxyl groups excluding tert-OH is 10. The number of hydrogen-bond donors (Lipinski definition) is 19. The molecule has 0 aromatic carbocycles. The molecule has 9 amide bonds. The second-order valence-electron chi connectivity index (χ2n) is 28.1. The van der Waals surface area contributed by atoms with Gasteiger partial charge in [0.25, 0.3) is 0 Å². The maximum atomic E-state index is 13.9. The SMILES string of the molecule is CC(=O)NC1C(OCCOCCNC(=O)CCC(NC(=O)CCC(NC(=O)CCCCCCCCCCC(=O)NC[C@H]2C[C@H](OC(C)(C)C)[C@@H](CO)O2)C(=O)NCCOCCOC2OC(CO)C(O)C(O)C2NC(C)=O)C(=O)NCCOCCOC2OC(CO)C(O)C(O)C2NC(C)=O)OCC(O)CC(O)C1O. The van der Waals surface area contributed by atoms with Crippen LogP contribution in [0.4, 0.5) is 0 Å². The predicted molar refractivity (Wildman–Crippen MR) is 377 cm³/mol. The van der Waals surface area contributed by atoms with E-state index in [9.17, 15) is 94.2 Å². The number of hydrogen-bond acceptors (Lipinski definition) is 30. The van der Waals surface area contributed by atoms with E-state index in [0.29, 0.717) is 38.6 Å². The summed E-state index contributed by atoms with van der Waals surface area (Å²) in [5, 5.41) is 126. The van der Waals surface area contributed by atoms with Crippen molar-refractivity contribution in [2.75, 3.05) is 112 Å². The third kappa shape index (κ3) is 36.7. The topological polar surface area (TPSA) is 566 Å². The lowest BCUT2D eigenvalue weighted by Crippen LogP contribution is -2.64. The fourth-order valence-corrected chi connectivity index (χ4v) is 12.3. The highest BCUT2D eigenvalue weighted by Crippen LogP contribution is 2.28. The molecule has 17 unspecified atom stereocenters. The van der Waals surface area contributed by atoms with Crippen LogP contribution in [-0.4, -0.2) is 344 Å². The summed E-state index contributed by atoms with van der Waals surface area (Å²) in [6, 6.07) is -6.18. The van der Waals surface area contributed by atoms with Gasteiger partial charge in [-0.2, -0.15) is 0 Å². The molecule has 0 bridgehead atoms. The van der Waals surface area contributed by atoms with Gasteiger partial charge in [-0.1, -0.05) is 38.5 Å². The van der Waals surface area contributed by atoms with Crippen LogP contribution >= 0.6 is 0 Å². The zero-order chi connectivity index (χ0) is 79.7. The van der Waals surface area contributed by atoms with E-state index < -0.39 is 183 Å². The number of unbranched alkanes of at least 4 members (excludes halogenated alkanes) is 7. The lowest BCUT2D eigenvalue weighted by molar-refractivity contribution is -0.272. The fraction of sp³-hybridized carbons (Fsp3) is 0.870. The summed E-state index contributed by atoms with van der Waals surface area (Å²) in [5.74, 6) is -4.88. The van der Waals surface area contributed by atoms with Crippen LogP contribution in [0.1, 0.15) is 144 Å². The van der Waals surface area contributed by atoms with Gasteiger partial charge in [-0.15, -0.1) is 0 Å². The average molecular weight is 1560 g/mol. The highest BCUT2D eigenvalue weighted by molar-refractivity contribution is 5.90. The first-order valence-electron chi connectivity index (χ1n) is 37.4. The van der Waals surface area contributed by atoms with Gasteiger partial charge in [-0.05, 0) is 46.5 Å². The number of amides is 9. The lowest BCUT2D eigenvalue weighted by Gasteiger charge is -2.42. The normalized spacial score (nSPS) is 27.9. The Hall–Kier alpha value is -5.61. The molecule has 4 saturated heterocycles. The molecule has 0 spiro atoms. The van der Waals surface area contributed by atoms with E-state index in [1.165, 1.54) is 20.8 Å². The zero-order valence-corrected chi connectivity index (χ0v) is 63.0. The van der Waals surface area contributed by atoms with Crippen molar-refractivity contribution >= 4 is 53.2 Å². The highest BCUT2D eigenvalue weighted by Gasteiger charge is 2.47. The van der Waals surface area contributed by atoms with Crippen LogP contribution in [0, 0.1) is 0 Å². The molecular weight excluding hydrogens is 1430 g/mol. The molecule has 19 N–H and O–H groups in total. The molecule has 4 aliphatic heterocycles. The van der Waals surface area contributed by atoms with Crippen molar-refractivity contribution in [3.05, 3.63) is 0 Å². The van der Waals surface area contributed by atoms with Gasteiger partial charge in [0.05, 0.1) is 116 Å². The standard InChI is InChI=1S/C69H123N9O30/c1-40(82)74-56-59(91)47(86)33-43(85)39-104-66(56)101-30-27-98-24-21-70-53(88)19-17-45(64(96)71-22-25-99-28-31-102-67-57(75-41(2)83)62(94)60(92)50(37-80)106-67)78-55(90)20-18-46(65(97)72-23-26-100-29-32-103-68-58(76-42(3)84)63(95)61(93)51(38-81)107-68)77-54(89)16-14-12-10-8-7-9-11-13-15-52(87)73-35-44-34-48(49(36-79)105-44)108-69(4,5)6/h43-51,56-63,66-68,79-81,85-86,91-95H,7-39H2,1-6H3,(H,70,88)(H,71,96)(H,72,97)(H,73,87)(H,74,82)(H,75,83)(H,76,84)(H,77,89)(H,78,90)/t43?,44-,45?,46?,47?,48+,49-,50?,51?,56?,57?,58?,59?,60?,61?,62?,63?,66?,67?,68?/m1/s1. The van der Waals surface area contributed by atoms with E-state index in [1.54, 1.807) is 0 Å². The van der Waals surface area contributed by atoms with Crippen LogP contribution in [0.25, 0.3) is 0 Å². The molecule has 20 atom stereocenters. The van der Waals surface area contributed by atoms with Gasteiger partial charge in [0.1, 0.15) is 79.0 Å². The average Bonchev–Trinajstić information content (AvgIpc) is 1.48. The van der Waals surface area contributed by atoms with Crippen molar-refractivity contribution in [3.8, 4) is 0 Å². The van der Waals surface area contributed by atoms with Crippen molar-refractivity contribution < 1.29 is 146 Å². The minimum Gasteiger partial charge on any atom is -0.394 e. The van der Waals surface area contributed by atoms with Crippen molar-refractivity contribution in [3.63, 3.8) is 0 Å². The molecule has 0 aliphatic carbocycles. The molecule has 4 aliphatic rings. The quantitative estimate of drug-likeness (QED) is 0.0252. The van der Waals surface area contributed by atoms with Gasteiger partial charge < -0.3 is 151 Å². The maximum absolute atomic E-state index is 13.9. The van der Waals surface area contributed by atoms with E-state index in [4.69, 9.17) is 52.1 Å². The lowest BCUT2D eigenvalue weighted by atomic mass is 9.97. The Balaban J connectivity index is 1.32. The van der Waals surface area contributed by atoms with Crippen molar-refractivity contribution in [1.29, 1.82) is 0 Å². The minimum absolute atomic E-state index is 0.0230. The molecule has 624 valence electrons. The molecule has 0 radical (unpaired) electrons. The van der Waals surface area contributed by atoms with Crippen LogP contribution in [0.2, 0.25) is 0 Å². The Bertz CT molecular complexity index is 2660. The fourth-order valence-electron chi connectivity index (χ4n) is 12.3. The van der Waals surface area contributed by atoms with Gasteiger partial charge in [0, 0.05) is 85.5 Å². The Morgan fingerprint density at radius 3 is 1.28 bits per heavy atom. The van der Waals surface area contributed by atoms with Gasteiger partial charge in [-0.25, -0.2) is 0 Å². The Morgan fingerprint density at radius 1 is 0.435 bits per heavy atom. The summed E-state index contributed by atoms with van der Waals surface area (Å²) in [6.07, 6.45) is -11.6. The van der Waals surface area contributed by atoms with Crippen LogP contribution in [0.3, 0.4) is 0 Å². The van der Waals surface area contributed by atoms with Crippen LogP contribution in [0.15, 0.2) is 0 Å². The second kappa shape index (κ2) is 51.8. The summed E-state index contributed by atoms with van der Waals surface area (Å²) in [6.45, 7) is 6.77. The van der Waals surface area contributed by atoms with Crippen molar-refractivity contribution in [2.24, 2.45) is 0 Å². The molecule has 39 heteroatoms. The number of rotatable bonds is 51. The maximum Gasteiger partial charge on any atom is 0.242 e. The van der Waals surface area contributed by atoms with Crippen molar-refractivity contribution in [1.82, 2.24) is 47.9 Å². The van der Waals surface area contributed by atoms with Gasteiger partial charge >= 0.3 is 0 Å². The summed E-state index contributed by atoms with van der Waals surface area (Å²) < 4.78 is 62.5. The third-order valence-electron chi connectivity index (χ3n) is 17.8. The predicted octanol–water partition coefficient (Wildman–Crippen LogP) is -6.46. The summed E-state index contributed by atoms with van der Waals surface area (Å²) in [7, 11) is 0. The van der Waals surface area contributed by atoms with Gasteiger partial charge in [-0.3, -0.25) is 43.2 Å². The monoisotopic (exact) mass is 1560 g/mol. The molecule has 0 aromatic heterocycles. The molecule has 0 saturated carbocycles. The van der Waals surface area contributed by atoms with Crippen LogP contribution < -0.4 is 47.9 Å². The number of carbonyl (C=O) groups is 9. The first kappa shape index (κ1) is 94.8. The largest absolute Gasteiger partial charge is 0.394 e. The van der Waals surface area contributed by atoms with Crippen LogP contribution in [-0.2, 0) is 95.3 Å². The molecule has 4 fully saturated rings. The first-order valence-corrected chi connectivity index (χ1v) is 37.4. The summed E-state index contributed by atoms with van der Waals surface area (Å²) >= 11 is 0. The van der Waals surface area contributed by atoms with Crippen molar-refractivity contribution in [2.45, 2.75) is 272 Å². The molecule has 4 rings (SSSR count). The molecule has 108 heavy (non-hydrogen) atoms. The summed E-state index contributed by atoms with van der Waals surface area (Å²) in [4.78, 5) is 116. The van der Waals surface area contributed by atoms with E-state index in [0.717, 1.165) is 32.1 Å². The van der Waals surface area contributed by atoms with Crippen LogP contribution in [0.5, 0.6) is 0 Å². The minimum atomic E-state index is -1.55. The molecule has 0 aromatic rings. The van der Waals surface area contributed by atoms with Gasteiger partial charge in [0.2, 0.25) is 53.2 Å². The molecule has 39 nitrogen and oxygen atoms in total. The second-order valence-corrected chi connectivity index (χ2v) is 28.1. The molecule has 4 heterocycles. The smallest absolute Gasteiger partial charge is 0.242 e. The molecular formula is C69H123N9O30. The first-order chi connectivity index (χ1) is 51.4. The summed E-state index contributed by atoms with van der Waals surface area (Å²) in [5.41, 5.74) is -0.404. The highest BCUT2D eigenvalue weighted by atomic mass is 16.7. The number of nitrogens with one attached hydrogen (secondary N) is 9.